The summed E-state index contributed by atoms with van der Waals surface area (Å²) in [7, 11) is 0. The molecule has 1 fully saturated rings. The smallest absolute Gasteiger partial charge is 0.329 e. The predicted octanol–water partition coefficient (Wildman–Crippen LogP) is 0.981. The average Bonchev–Trinajstić information content (AvgIpc) is 2.78. The molecule has 0 unspecified atom stereocenters. The van der Waals surface area contributed by atoms with Crippen molar-refractivity contribution in [2.75, 3.05) is 31.1 Å². The van der Waals surface area contributed by atoms with Crippen LogP contribution in [0.1, 0.15) is 42.7 Å². The summed E-state index contributed by atoms with van der Waals surface area (Å²) in [5.74, 6) is 0.423. The fourth-order valence-electron chi connectivity index (χ4n) is 3.79. The Morgan fingerprint density at radius 1 is 1.13 bits per heavy atom. The first-order valence-electron chi connectivity index (χ1n) is 10.4. The molecule has 162 valence electrons. The topological polar surface area (TPSA) is 117 Å². The molecule has 1 saturated heterocycles. The monoisotopic (exact) mass is 423 g/mol. The fourth-order valence-corrected chi connectivity index (χ4v) is 3.79. The molecule has 0 atom stereocenters. The number of aryl methyl sites for hydroxylation is 1. The number of carbonyl (C=O) groups is 1. The first kappa shape index (κ1) is 20.7. The normalized spacial score (nSPS) is 14.5. The van der Waals surface area contributed by atoms with Gasteiger partial charge in [0, 0.05) is 50.8 Å². The van der Waals surface area contributed by atoms with Crippen molar-refractivity contribution >= 4 is 22.9 Å². The number of hydrogen-bond donors (Lipinski definition) is 1. The number of nitrogens with one attached hydrogen (secondary N) is 1. The van der Waals surface area contributed by atoms with Crippen LogP contribution in [0.5, 0.6) is 0 Å². The largest absolute Gasteiger partial charge is 0.337 e. The molecule has 1 aliphatic rings. The molecule has 1 amide bonds. The lowest BCUT2D eigenvalue weighted by molar-refractivity contribution is 0.0748. The van der Waals surface area contributed by atoms with E-state index in [0.717, 1.165) is 0 Å². The minimum absolute atomic E-state index is 0.0303. The molecule has 0 aromatic carbocycles. The molecule has 10 nitrogen and oxygen atoms in total. The molecule has 3 aromatic heterocycles. The molecule has 31 heavy (non-hydrogen) atoms. The lowest BCUT2D eigenvalue weighted by Crippen LogP contribution is -2.49. The van der Waals surface area contributed by atoms with Crippen molar-refractivity contribution in [3.05, 3.63) is 56.6 Å². The van der Waals surface area contributed by atoms with Gasteiger partial charge in [-0.25, -0.2) is 19.7 Å². The van der Waals surface area contributed by atoms with Gasteiger partial charge in [0.2, 0.25) is 5.95 Å². The van der Waals surface area contributed by atoms with Crippen LogP contribution in [0.25, 0.3) is 11.0 Å². The molecule has 1 N–H and O–H groups in total. The summed E-state index contributed by atoms with van der Waals surface area (Å²) >= 11 is 0. The van der Waals surface area contributed by atoms with E-state index in [9.17, 15) is 14.4 Å². The van der Waals surface area contributed by atoms with Gasteiger partial charge in [-0.1, -0.05) is 13.8 Å². The second kappa shape index (κ2) is 8.29. The van der Waals surface area contributed by atoms with Gasteiger partial charge >= 0.3 is 5.69 Å². The number of pyridine rings is 1. The summed E-state index contributed by atoms with van der Waals surface area (Å²) in [5, 5.41) is 0.157. The number of fused-ring (bicyclic) bond motifs is 1. The Kier molecular flexibility index (Phi) is 5.53. The van der Waals surface area contributed by atoms with E-state index in [2.05, 4.69) is 19.9 Å². The minimum atomic E-state index is -0.591. The first-order chi connectivity index (χ1) is 14.9. The van der Waals surface area contributed by atoms with Crippen LogP contribution in [0.15, 0.2) is 34.1 Å². The molecule has 0 bridgehead atoms. The van der Waals surface area contributed by atoms with E-state index in [1.807, 2.05) is 18.7 Å². The second-order valence-electron chi connectivity index (χ2n) is 7.78. The third kappa shape index (κ3) is 3.80. The Hall–Kier alpha value is -3.56. The Morgan fingerprint density at radius 2 is 1.81 bits per heavy atom. The molecule has 0 aliphatic carbocycles. The maximum atomic E-state index is 13.5. The molecule has 0 saturated carbocycles. The third-order valence-electron chi connectivity index (χ3n) is 5.51. The quantitative estimate of drug-likeness (QED) is 0.665. The van der Waals surface area contributed by atoms with Crippen molar-refractivity contribution < 1.29 is 4.79 Å². The van der Waals surface area contributed by atoms with Crippen LogP contribution in [-0.2, 0) is 6.54 Å². The standard InChI is InChI=1S/C21H25N7O3/c1-4-28-17-16(18(29)25-21(28)31)14(12-15(24-17)13(2)3)19(30)26-8-10-27(11-9-26)20-22-6-5-7-23-20/h5-7,12-13H,4,8-11H2,1-3H3,(H,25,29,31). The Labute approximate surface area is 178 Å². The molecule has 4 rings (SSSR count). The Morgan fingerprint density at radius 3 is 2.42 bits per heavy atom. The molecule has 3 aromatic rings. The van der Waals surface area contributed by atoms with Crippen LogP contribution in [0.2, 0.25) is 0 Å². The van der Waals surface area contributed by atoms with Crippen LogP contribution in [0.3, 0.4) is 0 Å². The summed E-state index contributed by atoms with van der Waals surface area (Å²) in [6.07, 6.45) is 3.38. The maximum Gasteiger partial charge on any atom is 0.329 e. The zero-order valence-electron chi connectivity index (χ0n) is 17.8. The molecular formula is C21H25N7O3. The lowest BCUT2D eigenvalue weighted by Gasteiger charge is -2.34. The van der Waals surface area contributed by atoms with E-state index >= 15 is 0 Å². The number of hydrogen-bond acceptors (Lipinski definition) is 7. The first-order valence-corrected chi connectivity index (χ1v) is 10.4. The predicted molar refractivity (Wildman–Crippen MR) is 117 cm³/mol. The number of aromatic amines is 1. The molecule has 1 aliphatic heterocycles. The Balaban J connectivity index is 1.73. The molecule has 0 spiro atoms. The highest BCUT2D eigenvalue weighted by Gasteiger charge is 2.27. The van der Waals surface area contributed by atoms with E-state index in [4.69, 9.17) is 0 Å². The van der Waals surface area contributed by atoms with Gasteiger partial charge in [-0.15, -0.1) is 0 Å². The highest BCUT2D eigenvalue weighted by molar-refractivity contribution is 6.05. The van der Waals surface area contributed by atoms with Crippen LogP contribution in [0.4, 0.5) is 5.95 Å². The van der Waals surface area contributed by atoms with Crippen molar-refractivity contribution in [3.63, 3.8) is 0 Å². The van der Waals surface area contributed by atoms with Crippen molar-refractivity contribution in [2.45, 2.75) is 33.2 Å². The number of H-pyrrole nitrogens is 1. The van der Waals surface area contributed by atoms with E-state index in [1.165, 1.54) is 4.57 Å². The highest BCUT2D eigenvalue weighted by atomic mass is 16.2. The zero-order valence-corrected chi connectivity index (χ0v) is 17.8. The van der Waals surface area contributed by atoms with Gasteiger partial charge in [-0.3, -0.25) is 19.1 Å². The van der Waals surface area contributed by atoms with Gasteiger partial charge in [-0.05, 0) is 25.0 Å². The van der Waals surface area contributed by atoms with Crippen molar-refractivity contribution in [3.8, 4) is 0 Å². The van der Waals surface area contributed by atoms with E-state index in [0.29, 0.717) is 44.4 Å². The van der Waals surface area contributed by atoms with E-state index in [-0.39, 0.29) is 28.4 Å². The van der Waals surface area contributed by atoms with E-state index < -0.39 is 11.2 Å². The SMILES string of the molecule is CCn1c(=O)[nH]c(=O)c2c(C(=O)N3CCN(c4ncccn4)CC3)cc(C(C)C)nc21. The average molecular weight is 423 g/mol. The van der Waals surface area contributed by atoms with E-state index in [1.54, 1.807) is 36.4 Å². The van der Waals surface area contributed by atoms with Crippen molar-refractivity contribution in [2.24, 2.45) is 0 Å². The number of carbonyl (C=O) groups excluding carboxylic acids is 1. The Bertz CT molecular complexity index is 1230. The number of rotatable bonds is 4. The zero-order chi connectivity index (χ0) is 22.1. The van der Waals surface area contributed by atoms with Crippen LogP contribution in [-0.4, -0.2) is 61.5 Å². The fraction of sp³-hybridized carbons (Fsp3) is 0.429. The molecular weight excluding hydrogens is 398 g/mol. The van der Waals surface area contributed by atoms with Crippen LogP contribution >= 0.6 is 0 Å². The van der Waals surface area contributed by atoms with Crippen LogP contribution < -0.4 is 16.1 Å². The maximum absolute atomic E-state index is 13.5. The second-order valence-corrected chi connectivity index (χ2v) is 7.78. The summed E-state index contributed by atoms with van der Waals surface area (Å²) in [6.45, 7) is 8.19. The minimum Gasteiger partial charge on any atom is -0.337 e. The summed E-state index contributed by atoms with van der Waals surface area (Å²) in [5.41, 5.74) is 0.0820. The van der Waals surface area contributed by atoms with Crippen molar-refractivity contribution in [1.82, 2.24) is 29.4 Å². The number of aromatic nitrogens is 5. The number of anilines is 1. The van der Waals surface area contributed by atoms with Gasteiger partial charge in [-0.2, -0.15) is 0 Å². The van der Waals surface area contributed by atoms with Gasteiger partial charge < -0.3 is 9.80 Å². The number of nitrogens with zero attached hydrogens (tertiary/aromatic N) is 6. The van der Waals surface area contributed by atoms with Crippen LogP contribution in [0, 0.1) is 0 Å². The van der Waals surface area contributed by atoms with Gasteiger partial charge in [0.05, 0.1) is 10.9 Å². The molecule has 10 heteroatoms. The van der Waals surface area contributed by atoms with Gasteiger partial charge in [0.25, 0.3) is 11.5 Å². The van der Waals surface area contributed by atoms with Gasteiger partial charge in [0.1, 0.15) is 0 Å². The summed E-state index contributed by atoms with van der Waals surface area (Å²) in [6, 6.07) is 3.44. The third-order valence-corrected chi connectivity index (χ3v) is 5.51. The summed E-state index contributed by atoms with van der Waals surface area (Å²) < 4.78 is 1.39. The summed E-state index contributed by atoms with van der Waals surface area (Å²) in [4.78, 5) is 57.6. The lowest BCUT2D eigenvalue weighted by atomic mass is 10.0. The van der Waals surface area contributed by atoms with Gasteiger partial charge in [0.15, 0.2) is 5.65 Å². The highest BCUT2D eigenvalue weighted by Crippen LogP contribution is 2.22. The number of piperazine rings is 1. The van der Waals surface area contributed by atoms with Crippen molar-refractivity contribution in [1.29, 1.82) is 0 Å². The number of amides is 1. The molecule has 4 heterocycles. The molecule has 0 radical (unpaired) electrons.